The Morgan fingerprint density at radius 2 is 1.69 bits per heavy atom. The highest BCUT2D eigenvalue weighted by Crippen LogP contribution is 2.27. The number of aromatic nitrogens is 1. The molecule has 144 valence electrons. The molecule has 1 aromatic heterocycles. The third-order valence-corrected chi connectivity index (χ3v) is 4.85. The van der Waals surface area contributed by atoms with Gasteiger partial charge in [-0.15, -0.1) is 0 Å². The Morgan fingerprint density at radius 3 is 2.52 bits per heavy atom. The number of hydrogen-bond donors (Lipinski definition) is 1. The fraction of sp³-hybridized carbons (Fsp3) is 0.0455. The highest BCUT2D eigenvalue weighted by molar-refractivity contribution is 9.10. The van der Waals surface area contributed by atoms with Crippen molar-refractivity contribution < 1.29 is 18.7 Å². The van der Waals surface area contributed by atoms with Gasteiger partial charge in [0, 0.05) is 4.47 Å². The maximum Gasteiger partial charge on any atom is 0.339 e. The van der Waals surface area contributed by atoms with Crippen molar-refractivity contribution in [2.45, 2.75) is 0 Å². The Morgan fingerprint density at radius 1 is 0.966 bits per heavy atom. The van der Waals surface area contributed by atoms with Crippen molar-refractivity contribution in [3.8, 4) is 11.5 Å². The second kappa shape index (κ2) is 8.28. The highest BCUT2D eigenvalue weighted by Gasteiger charge is 2.19. The zero-order chi connectivity index (χ0) is 20.2. The second-order valence-corrected chi connectivity index (χ2v) is 6.99. The molecule has 0 radical (unpaired) electrons. The van der Waals surface area contributed by atoms with Gasteiger partial charge in [0.05, 0.1) is 16.8 Å². The van der Waals surface area contributed by atoms with Crippen LogP contribution < -0.4 is 5.32 Å². The molecule has 1 N–H and O–H groups in total. The maximum absolute atomic E-state index is 12.6. The molecule has 0 bridgehead atoms. The molecule has 7 heteroatoms. The van der Waals surface area contributed by atoms with E-state index in [9.17, 15) is 9.59 Å². The van der Waals surface area contributed by atoms with Crippen molar-refractivity contribution in [3.63, 3.8) is 0 Å². The molecule has 6 nitrogen and oxygen atoms in total. The number of amides is 1. The minimum Gasteiger partial charge on any atom is -0.452 e. The molecule has 0 spiro atoms. The summed E-state index contributed by atoms with van der Waals surface area (Å²) in [7, 11) is 0. The van der Waals surface area contributed by atoms with Crippen molar-refractivity contribution in [1.82, 2.24) is 4.98 Å². The van der Waals surface area contributed by atoms with Crippen LogP contribution in [0.15, 0.2) is 81.7 Å². The molecule has 1 heterocycles. The van der Waals surface area contributed by atoms with Gasteiger partial charge in [-0.3, -0.25) is 4.79 Å². The van der Waals surface area contributed by atoms with Crippen molar-refractivity contribution in [3.05, 3.63) is 82.8 Å². The van der Waals surface area contributed by atoms with E-state index in [1.54, 1.807) is 48.5 Å². The highest BCUT2D eigenvalue weighted by atomic mass is 79.9. The fourth-order valence-electron chi connectivity index (χ4n) is 2.79. The van der Waals surface area contributed by atoms with E-state index in [0.29, 0.717) is 28.2 Å². The summed E-state index contributed by atoms with van der Waals surface area (Å²) in [6.45, 7) is -0.415. The lowest BCUT2D eigenvalue weighted by molar-refractivity contribution is -0.119. The van der Waals surface area contributed by atoms with E-state index in [2.05, 4.69) is 26.2 Å². The van der Waals surface area contributed by atoms with Crippen molar-refractivity contribution in [2.75, 3.05) is 11.9 Å². The average molecular weight is 451 g/mol. The summed E-state index contributed by atoms with van der Waals surface area (Å²) < 4.78 is 11.7. The summed E-state index contributed by atoms with van der Waals surface area (Å²) in [5, 5.41) is 2.69. The van der Waals surface area contributed by atoms with Gasteiger partial charge < -0.3 is 14.5 Å². The van der Waals surface area contributed by atoms with Crippen LogP contribution in [0.4, 0.5) is 5.69 Å². The molecule has 29 heavy (non-hydrogen) atoms. The van der Waals surface area contributed by atoms with E-state index in [-0.39, 0.29) is 5.56 Å². The van der Waals surface area contributed by atoms with Crippen LogP contribution >= 0.6 is 15.9 Å². The molecule has 0 aliphatic heterocycles. The number of benzene rings is 3. The van der Waals surface area contributed by atoms with Gasteiger partial charge in [0.2, 0.25) is 5.89 Å². The number of anilines is 1. The van der Waals surface area contributed by atoms with Gasteiger partial charge in [0.15, 0.2) is 12.2 Å². The monoisotopic (exact) mass is 450 g/mol. The largest absolute Gasteiger partial charge is 0.452 e. The molecule has 3 aromatic carbocycles. The lowest BCUT2D eigenvalue weighted by Crippen LogP contribution is -2.21. The number of carbonyl (C=O) groups is 2. The number of rotatable bonds is 5. The van der Waals surface area contributed by atoms with Crippen LogP contribution in [-0.4, -0.2) is 23.5 Å². The van der Waals surface area contributed by atoms with Gasteiger partial charge >= 0.3 is 5.97 Å². The molecule has 4 rings (SSSR count). The third kappa shape index (κ3) is 4.20. The van der Waals surface area contributed by atoms with Gasteiger partial charge in [-0.1, -0.05) is 36.4 Å². The molecule has 0 aliphatic carbocycles. The van der Waals surface area contributed by atoms with Gasteiger partial charge in [-0.25, -0.2) is 9.78 Å². The summed E-state index contributed by atoms with van der Waals surface area (Å²) in [6, 6.07) is 21.3. The van der Waals surface area contributed by atoms with Crippen LogP contribution in [0.5, 0.6) is 0 Å². The molecule has 0 atom stereocenters. The number of fused-ring (bicyclic) bond motifs is 1. The minimum absolute atomic E-state index is 0.271. The number of carbonyl (C=O) groups excluding carboxylic acids is 2. The Hall–Kier alpha value is -3.45. The Bertz CT molecular complexity index is 1170. The third-order valence-electron chi connectivity index (χ3n) is 4.15. The zero-order valence-electron chi connectivity index (χ0n) is 15.1. The van der Waals surface area contributed by atoms with E-state index < -0.39 is 18.5 Å². The smallest absolute Gasteiger partial charge is 0.339 e. The quantitative estimate of drug-likeness (QED) is 0.430. The van der Waals surface area contributed by atoms with Crippen molar-refractivity contribution in [2.24, 2.45) is 0 Å². The number of ether oxygens (including phenoxy) is 1. The van der Waals surface area contributed by atoms with Crippen molar-refractivity contribution in [1.29, 1.82) is 0 Å². The SMILES string of the molecule is O=C(COC(=O)c1ccccc1-c1nc2ccccc2o1)Nc1ccccc1Br. The number of para-hydroxylation sites is 3. The number of halogens is 1. The zero-order valence-corrected chi connectivity index (χ0v) is 16.7. The summed E-state index contributed by atoms with van der Waals surface area (Å²) in [5.74, 6) is -0.758. The first-order chi connectivity index (χ1) is 14.1. The Labute approximate surface area is 174 Å². The number of nitrogens with one attached hydrogen (secondary N) is 1. The topological polar surface area (TPSA) is 81.4 Å². The van der Waals surface area contributed by atoms with Crippen LogP contribution in [0.2, 0.25) is 0 Å². The first kappa shape index (κ1) is 18.9. The van der Waals surface area contributed by atoms with Crippen LogP contribution in [0.1, 0.15) is 10.4 Å². The first-order valence-corrected chi connectivity index (χ1v) is 9.57. The van der Waals surface area contributed by atoms with Crippen LogP contribution in [0, 0.1) is 0 Å². The lowest BCUT2D eigenvalue weighted by Gasteiger charge is -2.09. The van der Waals surface area contributed by atoms with Gasteiger partial charge in [0.25, 0.3) is 5.91 Å². The number of oxazole rings is 1. The van der Waals surface area contributed by atoms with Crippen LogP contribution in [0.25, 0.3) is 22.6 Å². The molecule has 0 aliphatic rings. The molecule has 0 saturated carbocycles. The molecular formula is C22H15BrN2O4. The average Bonchev–Trinajstić information content (AvgIpc) is 3.18. The normalized spacial score (nSPS) is 10.7. The summed E-state index contributed by atoms with van der Waals surface area (Å²) in [6.07, 6.45) is 0. The van der Waals surface area contributed by atoms with Crippen LogP contribution in [-0.2, 0) is 9.53 Å². The van der Waals surface area contributed by atoms with E-state index >= 15 is 0 Å². The molecule has 0 unspecified atom stereocenters. The van der Waals surface area contributed by atoms with E-state index in [1.165, 1.54) is 0 Å². The molecule has 0 saturated heterocycles. The summed E-state index contributed by atoms with van der Waals surface area (Å²) in [5.41, 5.74) is 2.69. The molecule has 0 fully saturated rings. The fourth-order valence-corrected chi connectivity index (χ4v) is 3.18. The number of hydrogen-bond acceptors (Lipinski definition) is 5. The predicted octanol–water partition coefficient (Wildman–Crippen LogP) is 5.05. The predicted molar refractivity (Wildman–Crippen MR) is 112 cm³/mol. The van der Waals surface area contributed by atoms with E-state index in [0.717, 1.165) is 4.47 Å². The van der Waals surface area contributed by atoms with E-state index in [4.69, 9.17) is 9.15 Å². The lowest BCUT2D eigenvalue weighted by atomic mass is 10.1. The van der Waals surface area contributed by atoms with E-state index in [1.807, 2.05) is 24.3 Å². The first-order valence-electron chi connectivity index (χ1n) is 8.78. The molecule has 1 amide bonds. The minimum atomic E-state index is -0.634. The molecule has 4 aromatic rings. The maximum atomic E-state index is 12.6. The Kier molecular flexibility index (Phi) is 5.39. The number of esters is 1. The van der Waals surface area contributed by atoms with Crippen molar-refractivity contribution >= 4 is 44.6 Å². The summed E-state index contributed by atoms with van der Waals surface area (Å²) in [4.78, 5) is 29.2. The Balaban J connectivity index is 1.49. The summed E-state index contributed by atoms with van der Waals surface area (Å²) >= 11 is 3.35. The second-order valence-electron chi connectivity index (χ2n) is 6.14. The number of nitrogens with zero attached hydrogens (tertiary/aromatic N) is 1. The molecular weight excluding hydrogens is 436 g/mol. The standard InChI is InChI=1S/C22H15BrN2O4/c23-16-9-3-4-10-17(16)24-20(26)13-28-22(27)15-8-2-1-7-14(15)21-25-18-11-5-6-12-19(18)29-21/h1-12H,13H2,(H,24,26). The van der Waals surface area contributed by atoms with Crippen LogP contribution in [0.3, 0.4) is 0 Å². The van der Waals surface area contributed by atoms with Gasteiger partial charge in [-0.2, -0.15) is 0 Å². The van der Waals surface area contributed by atoms with Gasteiger partial charge in [0.1, 0.15) is 5.52 Å². The van der Waals surface area contributed by atoms with Gasteiger partial charge in [-0.05, 0) is 52.3 Å².